The van der Waals surface area contributed by atoms with Gasteiger partial charge in [-0.1, -0.05) is 6.07 Å². The van der Waals surface area contributed by atoms with Gasteiger partial charge in [-0.15, -0.1) is 11.8 Å². The normalized spacial score (nSPS) is 20.3. The lowest BCUT2D eigenvalue weighted by Crippen LogP contribution is -2.30. The zero-order valence-electron chi connectivity index (χ0n) is 9.62. The molecule has 3 rings (SSSR count). The third-order valence-electron chi connectivity index (χ3n) is 3.12. The standard InChI is InChI=1S/C13H16FNOS/c14-12-2-1-3-13(17-10-7-16-8-10)11(12)6-15-9-4-5-9/h1-3,9-10,15H,4-8H2. The summed E-state index contributed by atoms with van der Waals surface area (Å²) in [5.41, 5.74) is 0.816. The second kappa shape index (κ2) is 4.96. The molecule has 2 aliphatic rings. The Morgan fingerprint density at radius 1 is 1.35 bits per heavy atom. The van der Waals surface area contributed by atoms with Crippen LogP contribution in [0, 0.1) is 5.82 Å². The fourth-order valence-corrected chi connectivity index (χ4v) is 2.97. The number of hydrogen-bond donors (Lipinski definition) is 1. The molecule has 1 heterocycles. The number of halogens is 1. The molecule has 0 radical (unpaired) electrons. The van der Waals surface area contributed by atoms with Gasteiger partial charge in [0.2, 0.25) is 0 Å². The first-order valence-electron chi connectivity index (χ1n) is 6.08. The van der Waals surface area contributed by atoms with E-state index in [1.807, 2.05) is 6.07 Å². The number of thioether (sulfide) groups is 1. The summed E-state index contributed by atoms with van der Waals surface area (Å²) in [5, 5.41) is 3.88. The number of nitrogens with one attached hydrogen (secondary N) is 1. The molecule has 0 amide bonds. The van der Waals surface area contributed by atoms with Crippen LogP contribution >= 0.6 is 11.8 Å². The van der Waals surface area contributed by atoms with Crippen molar-refractivity contribution in [3.63, 3.8) is 0 Å². The Balaban J connectivity index is 1.71. The van der Waals surface area contributed by atoms with Crippen LogP contribution in [0.3, 0.4) is 0 Å². The molecule has 2 fully saturated rings. The minimum absolute atomic E-state index is 0.0941. The van der Waals surface area contributed by atoms with E-state index in [9.17, 15) is 4.39 Å². The highest BCUT2D eigenvalue weighted by molar-refractivity contribution is 8.00. The summed E-state index contributed by atoms with van der Waals surface area (Å²) in [5.74, 6) is -0.0941. The van der Waals surface area contributed by atoms with Crippen LogP contribution < -0.4 is 5.32 Å². The second-order valence-electron chi connectivity index (χ2n) is 4.65. The number of benzene rings is 1. The van der Waals surface area contributed by atoms with Crippen LogP contribution in [0.5, 0.6) is 0 Å². The van der Waals surface area contributed by atoms with Gasteiger partial charge in [0.05, 0.1) is 18.5 Å². The maximum Gasteiger partial charge on any atom is 0.128 e. The fourth-order valence-electron chi connectivity index (χ4n) is 1.82. The van der Waals surface area contributed by atoms with Gasteiger partial charge >= 0.3 is 0 Å². The van der Waals surface area contributed by atoms with Crippen molar-refractivity contribution in [1.29, 1.82) is 0 Å². The van der Waals surface area contributed by atoms with E-state index in [1.165, 1.54) is 12.8 Å². The van der Waals surface area contributed by atoms with E-state index < -0.39 is 0 Å². The Hall–Kier alpha value is -0.580. The molecule has 1 aliphatic heterocycles. The topological polar surface area (TPSA) is 21.3 Å². The highest BCUT2D eigenvalue weighted by Crippen LogP contribution is 2.32. The minimum atomic E-state index is -0.0941. The van der Waals surface area contributed by atoms with E-state index in [4.69, 9.17) is 4.74 Å². The van der Waals surface area contributed by atoms with E-state index in [-0.39, 0.29) is 5.82 Å². The predicted octanol–water partition coefficient (Wildman–Crippen LogP) is 2.57. The average molecular weight is 253 g/mol. The lowest BCUT2D eigenvalue weighted by atomic mass is 10.2. The molecular weight excluding hydrogens is 237 g/mol. The quantitative estimate of drug-likeness (QED) is 0.871. The predicted molar refractivity (Wildman–Crippen MR) is 66.7 cm³/mol. The Bertz CT molecular complexity index is 404. The van der Waals surface area contributed by atoms with E-state index >= 15 is 0 Å². The number of hydrogen-bond acceptors (Lipinski definition) is 3. The van der Waals surface area contributed by atoms with Gasteiger partial charge in [0.25, 0.3) is 0 Å². The lowest BCUT2D eigenvalue weighted by Gasteiger charge is -2.26. The molecule has 1 aromatic carbocycles. The van der Waals surface area contributed by atoms with Crippen molar-refractivity contribution in [1.82, 2.24) is 5.32 Å². The van der Waals surface area contributed by atoms with Gasteiger partial charge in [0.15, 0.2) is 0 Å². The molecule has 1 saturated heterocycles. The Morgan fingerprint density at radius 2 is 2.18 bits per heavy atom. The van der Waals surface area contributed by atoms with Gasteiger partial charge in [-0.3, -0.25) is 0 Å². The minimum Gasteiger partial charge on any atom is -0.379 e. The summed E-state index contributed by atoms with van der Waals surface area (Å²) in [6.45, 7) is 2.22. The fraction of sp³-hybridized carbons (Fsp3) is 0.538. The van der Waals surface area contributed by atoms with Gasteiger partial charge in [0, 0.05) is 23.0 Å². The van der Waals surface area contributed by atoms with Crippen LogP contribution in [0.2, 0.25) is 0 Å². The Morgan fingerprint density at radius 3 is 2.82 bits per heavy atom. The van der Waals surface area contributed by atoms with Gasteiger partial charge in [-0.25, -0.2) is 4.39 Å². The van der Waals surface area contributed by atoms with Crippen LogP contribution in [-0.2, 0) is 11.3 Å². The van der Waals surface area contributed by atoms with Crippen LogP contribution in [0.4, 0.5) is 4.39 Å². The summed E-state index contributed by atoms with van der Waals surface area (Å²) in [6.07, 6.45) is 2.46. The van der Waals surface area contributed by atoms with Crippen LogP contribution in [0.25, 0.3) is 0 Å². The summed E-state index contributed by atoms with van der Waals surface area (Å²) in [6, 6.07) is 5.96. The monoisotopic (exact) mass is 253 g/mol. The molecule has 0 aromatic heterocycles. The molecule has 1 N–H and O–H groups in total. The van der Waals surface area contributed by atoms with Crippen molar-refractivity contribution in [2.45, 2.75) is 35.6 Å². The molecule has 1 aliphatic carbocycles. The van der Waals surface area contributed by atoms with Crippen LogP contribution in [0.15, 0.2) is 23.1 Å². The largest absolute Gasteiger partial charge is 0.379 e. The molecular formula is C13H16FNOS. The second-order valence-corrected chi connectivity index (χ2v) is 5.99. The third kappa shape index (κ3) is 2.81. The smallest absolute Gasteiger partial charge is 0.128 e. The molecule has 2 nitrogen and oxygen atoms in total. The maximum absolute atomic E-state index is 13.8. The van der Waals surface area contributed by atoms with Crippen LogP contribution in [-0.4, -0.2) is 24.5 Å². The van der Waals surface area contributed by atoms with E-state index in [0.29, 0.717) is 17.8 Å². The van der Waals surface area contributed by atoms with Gasteiger partial charge in [-0.2, -0.15) is 0 Å². The SMILES string of the molecule is Fc1cccc(SC2COC2)c1CNC1CC1. The first kappa shape index (κ1) is 11.5. The highest BCUT2D eigenvalue weighted by atomic mass is 32.2. The first-order valence-corrected chi connectivity index (χ1v) is 6.96. The van der Waals surface area contributed by atoms with Gasteiger partial charge in [-0.05, 0) is 25.0 Å². The molecule has 17 heavy (non-hydrogen) atoms. The van der Waals surface area contributed by atoms with E-state index in [1.54, 1.807) is 23.9 Å². The molecule has 0 unspecified atom stereocenters. The van der Waals surface area contributed by atoms with Crippen molar-refractivity contribution in [2.75, 3.05) is 13.2 Å². The number of rotatable bonds is 5. The van der Waals surface area contributed by atoms with E-state index in [0.717, 1.165) is 23.7 Å². The molecule has 92 valence electrons. The zero-order valence-corrected chi connectivity index (χ0v) is 10.4. The molecule has 0 atom stereocenters. The third-order valence-corrected chi connectivity index (χ3v) is 4.36. The summed E-state index contributed by atoms with van der Waals surface area (Å²) < 4.78 is 19.0. The number of ether oxygens (including phenoxy) is 1. The molecule has 0 spiro atoms. The van der Waals surface area contributed by atoms with Crippen molar-refractivity contribution in [3.05, 3.63) is 29.6 Å². The highest BCUT2D eigenvalue weighted by Gasteiger charge is 2.24. The molecule has 0 bridgehead atoms. The summed E-state index contributed by atoms with van der Waals surface area (Å²) in [4.78, 5) is 1.06. The first-order chi connectivity index (χ1) is 8.33. The summed E-state index contributed by atoms with van der Waals surface area (Å²) in [7, 11) is 0. The van der Waals surface area contributed by atoms with Crippen molar-refractivity contribution < 1.29 is 9.13 Å². The van der Waals surface area contributed by atoms with Gasteiger partial charge < -0.3 is 10.1 Å². The van der Waals surface area contributed by atoms with Crippen LogP contribution in [0.1, 0.15) is 18.4 Å². The molecule has 4 heteroatoms. The van der Waals surface area contributed by atoms with Crippen molar-refractivity contribution in [2.24, 2.45) is 0 Å². The van der Waals surface area contributed by atoms with Gasteiger partial charge in [0.1, 0.15) is 5.82 Å². The maximum atomic E-state index is 13.8. The molecule has 1 saturated carbocycles. The summed E-state index contributed by atoms with van der Waals surface area (Å²) >= 11 is 1.74. The Kier molecular flexibility index (Phi) is 3.36. The average Bonchev–Trinajstić information content (AvgIpc) is 3.06. The Labute approximate surface area is 105 Å². The van der Waals surface area contributed by atoms with Crippen molar-refractivity contribution in [3.8, 4) is 0 Å². The zero-order chi connectivity index (χ0) is 11.7. The molecule has 1 aromatic rings. The van der Waals surface area contributed by atoms with Crippen molar-refractivity contribution >= 4 is 11.8 Å². The van der Waals surface area contributed by atoms with E-state index in [2.05, 4.69) is 5.32 Å². The lowest BCUT2D eigenvalue weighted by molar-refractivity contribution is 0.0455.